The third kappa shape index (κ3) is 3.43. The minimum Gasteiger partial charge on any atom is -0.457 e. The third-order valence-electron chi connectivity index (χ3n) is 1.78. The number of hydrogen-bond donors (Lipinski definition) is 0. The van der Waals surface area contributed by atoms with E-state index in [4.69, 9.17) is 10.00 Å². The fourth-order valence-electron chi connectivity index (χ4n) is 1.07. The van der Waals surface area contributed by atoms with Crippen LogP contribution in [0.1, 0.15) is 5.56 Å². The largest absolute Gasteiger partial charge is 0.457 e. The Morgan fingerprint density at radius 1 is 1.44 bits per heavy atom. The van der Waals surface area contributed by atoms with E-state index in [-0.39, 0.29) is 12.2 Å². The Balaban J connectivity index is 2.83. The van der Waals surface area contributed by atoms with Gasteiger partial charge in [-0.3, -0.25) is 0 Å². The molecule has 0 radical (unpaired) electrons. The van der Waals surface area contributed by atoms with Gasteiger partial charge in [0.25, 0.3) is 0 Å². The van der Waals surface area contributed by atoms with E-state index in [2.05, 4.69) is 6.58 Å². The lowest BCUT2D eigenvalue weighted by atomic mass is 10.1. The van der Waals surface area contributed by atoms with E-state index >= 15 is 0 Å². The molecule has 1 rings (SSSR count). The maximum atomic E-state index is 11.4. The van der Waals surface area contributed by atoms with Crippen LogP contribution in [-0.2, 0) is 9.53 Å². The number of ether oxygens (including phenoxy) is 1. The van der Waals surface area contributed by atoms with E-state index in [1.807, 2.05) is 24.3 Å². The van der Waals surface area contributed by atoms with Crippen molar-refractivity contribution in [2.45, 2.75) is 0 Å². The Hall–Kier alpha value is -2.34. The number of carbonyl (C=O) groups is 1. The molecular formula is C13H11NO2. The second-order valence-electron chi connectivity index (χ2n) is 2.97. The zero-order valence-electron chi connectivity index (χ0n) is 8.72. The molecule has 0 saturated carbocycles. The quantitative estimate of drug-likeness (QED) is 0.334. The Labute approximate surface area is 94.3 Å². The van der Waals surface area contributed by atoms with E-state index in [0.29, 0.717) is 0 Å². The molecule has 0 bridgehead atoms. The van der Waals surface area contributed by atoms with Crippen LogP contribution in [0, 0.1) is 11.3 Å². The highest BCUT2D eigenvalue weighted by Crippen LogP contribution is 2.07. The topological polar surface area (TPSA) is 50.1 Å². The van der Waals surface area contributed by atoms with Gasteiger partial charge in [0, 0.05) is 0 Å². The molecule has 0 N–H and O–H groups in total. The molecule has 0 aliphatic carbocycles. The number of carbonyl (C=O) groups excluding carboxylic acids is 1. The van der Waals surface area contributed by atoms with Gasteiger partial charge in [0.1, 0.15) is 18.2 Å². The molecule has 3 nitrogen and oxygen atoms in total. The highest BCUT2D eigenvalue weighted by atomic mass is 16.5. The molecular weight excluding hydrogens is 202 g/mol. The number of nitrogens with zero attached hydrogens (tertiary/aromatic N) is 1. The van der Waals surface area contributed by atoms with Crippen LogP contribution in [-0.4, -0.2) is 12.6 Å². The Morgan fingerprint density at radius 2 is 2.12 bits per heavy atom. The molecule has 0 aromatic heterocycles. The lowest BCUT2D eigenvalue weighted by Crippen LogP contribution is -2.06. The van der Waals surface area contributed by atoms with Crippen molar-refractivity contribution in [2.75, 3.05) is 6.61 Å². The van der Waals surface area contributed by atoms with Gasteiger partial charge in [-0.05, 0) is 11.6 Å². The van der Waals surface area contributed by atoms with Crippen LogP contribution in [0.5, 0.6) is 0 Å². The summed E-state index contributed by atoms with van der Waals surface area (Å²) < 4.78 is 4.77. The van der Waals surface area contributed by atoms with Gasteiger partial charge < -0.3 is 4.74 Å². The average molecular weight is 213 g/mol. The predicted octanol–water partition coefficient (Wildman–Crippen LogP) is 2.32. The highest BCUT2D eigenvalue weighted by molar-refractivity contribution is 5.97. The van der Waals surface area contributed by atoms with Crippen LogP contribution in [0.15, 0.2) is 48.6 Å². The molecule has 1 aromatic carbocycles. The zero-order valence-corrected chi connectivity index (χ0v) is 8.72. The fourth-order valence-corrected chi connectivity index (χ4v) is 1.07. The Morgan fingerprint density at radius 3 is 2.69 bits per heavy atom. The summed E-state index contributed by atoms with van der Waals surface area (Å²) in [4.78, 5) is 11.4. The maximum Gasteiger partial charge on any atom is 0.349 e. The third-order valence-corrected chi connectivity index (χ3v) is 1.78. The molecule has 0 saturated heterocycles. The van der Waals surface area contributed by atoms with Crippen molar-refractivity contribution < 1.29 is 9.53 Å². The number of esters is 1. The summed E-state index contributed by atoms with van der Waals surface area (Å²) in [6.45, 7) is 3.53. The van der Waals surface area contributed by atoms with Gasteiger partial charge in [-0.2, -0.15) is 5.26 Å². The fraction of sp³-hybridized carbons (Fsp3) is 0.0769. The van der Waals surface area contributed by atoms with Gasteiger partial charge in [-0.1, -0.05) is 43.0 Å². The van der Waals surface area contributed by atoms with E-state index in [0.717, 1.165) is 5.56 Å². The molecule has 0 aliphatic rings. The first-order chi connectivity index (χ1) is 7.77. The van der Waals surface area contributed by atoms with E-state index < -0.39 is 5.97 Å². The van der Waals surface area contributed by atoms with Crippen LogP contribution in [0.3, 0.4) is 0 Å². The zero-order chi connectivity index (χ0) is 11.8. The minimum absolute atomic E-state index is 0.0203. The first kappa shape index (κ1) is 11.7. The maximum absolute atomic E-state index is 11.4. The van der Waals surface area contributed by atoms with Crippen molar-refractivity contribution in [1.82, 2.24) is 0 Å². The predicted molar refractivity (Wildman–Crippen MR) is 61.2 cm³/mol. The lowest BCUT2D eigenvalue weighted by molar-refractivity contribution is -0.137. The van der Waals surface area contributed by atoms with Crippen molar-refractivity contribution in [1.29, 1.82) is 5.26 Å². The highest BCUT2D eigenvalue weighted by Gasteiger charge is 2.09. The molecule has 80 valence electrons. The van der Waals surface area contributed by atoms with Crippen LogP contribution < -0.4 is 0 Å². The van der Waals surface area contributed by atoms with Gasteiger partial charge in [0.05, 0.1) is 0 Å². The first-order valence-corrected chi connectivity index (χ1v) is 4.73. The van der Waals surface area contributed by atoms with Crippen molar-refractivity contribution >= 4 is 12.0 Å². The summed E-state index contributed by atoms with van der Waals surface area (Å²) >= 11 is 0. The molecule has 0 amide bonds. The molecule has 0 heterocycles. The smallest absolute Gasteiger partial charge is 0.349 e. The molecule has 0 spiro atoms. The average Bonchev–Trinajstić information content (AvgIpc) is 2.34. The lowest BCUT2D eigenvalue weighted by Gasteiger charge is -1.99. The molecule has 0 aliphatic heterocycles. The van der Waals surface area contributed by atoms with Crippen molar-refractivity contribution in [3.8, 4) is 6.07 Å². The van der Waals surface area contributed by atoms with Crippen LogP contribution in [0.4, 0.5) is 0 Å². The van der Waals surface area contributed by atoms with Crippen molar-refractivity contribution in [3.05, 3.63) is 54.1 Å². The number of benzene rings is 1. The van der Waals surface area contributed by atoms with Gasteiger partial charge in [0.2, 0.25) is 0 Å². The van der Waals surface area contributed by atoms with Crippen LogP contribution in [0.25, 0.3) is 6.08 Å². The summed E-state index contributed by atoms with van der Waals surface area (Å²) in [5.41, 5.74) is 0.766. The summed E-state index contributed by atoms with van der Waals surface area (Å²) in [5, 5.41) is 8.81. The molecule has 0 unspecified atom stereocenters. The first-order valence-electron chi connectivity index (χ1n) is 4.73. The van der Waals surface area contributed by atoms with Gasteiger partial charge in [-0.25, -0.2) is 4.79 Å². The minimum atomic E-state index is -0.633. The second-order valence-corrected chi connectivity index (χ2v) is 2.97. The molecule has 1 aromatic rings. The molecule has 0 fully saturated rings. The molecule has 16 heavy (non-hydrogen) atoms. The summed E-state index contributed by atoms with van der Waals surface area (Å²) in [6.07, 6.45) is 2.95. The Bertz CT molecular complexity index is 441. The SMILES string of the molecule is C=CCOC(=O)/C(C#N)=C\c1ccccc1. The molecule has 0 atom stereocenters. The van der Waals surface area contributed by atoms with E-state index in [9.17, 15) is 4.79 Å². The van der Waals surface area contributed by atoms with Crippen LogP contribution >= 0.6 is 0 Å². The summed E-state index contributed by atoms with van der Waals surface area (Å²) in [6, 6.07) is 10.9. The van der Waals surface area contributed by atoms with Gasteiger partial charge in [0.15, 0.2) is 0 Å². The van der Waals surface area contributed by atoms with Crippen LogP contribution in [0.2, 0.25) is 0 Å². The van der Waals surface area contributed by atoms with Crippen molar-refractivity contribution in [2.24, 2.45) is 0 Å². The number of hydrogen-bond acceptors (Lipinski definition) is 3. The standard InChI is InChI=1S/C13H11NO2/c1-2-8-16-13(15)12(10-14)9-11-6-4-3-5-7-11/h2-7,9H,1,8H2/b12-9-. The second kappa shape index (κ2) is 6.20. The molecule has 3 heteroatoms. The van der Waals surface area contributed by atoms with Crippen molar-refractivity contribution in [3.63, 3.8) is 0 Å². The summed E-state index contributed by atoms with van der Waals surface area (Å²) in [5.74, 6) is -0.633. The van der Waals surface area contributed by atoms with E-state index in [1.165, 1.54) is 12.2 Å². The van der Waals surface area contributed by atoms with E-state index in [1.54, 1.807) is 12.1 Å². The number of rotatable bonds is 4. The van der Waals surface area contributed by atoms with Gasteiger partial charge in [-0.15, -0.1) is 0 Å². The summed E-state index contributed by atoms with van der Waals surface area (Å²) in [7, 11) is 0. The van der Waals surface area contributed by atoms with Gasteiger partial charge >= 0.3 is 5.97 Å². The number of nitriles is 1. The monoisotopic (exact) mass is 213 g/mol. The Kier molecular flexibility index (Phi) is 4.55. The normalized spacial score (nSPS) is 10.3.